The van der Waals surface area contributed by atoms with Crippen molar-refractivity contribution in [3.8, 4) is 0 Å². The van der Waals surface area contributed by atoms with Crippen molar-refractivity contribution in [1.82, 2.24) is 9.55 Å². The average molecular weight is 378 g/mol. The Bertz CT molecular complexity index is 808. The highest BCUT2D eigenvalue weighted by molar-refractivity contribution is 8.07. The Balaban J connectivity index is 2.00. The zero-order valence-corrected chi connectivity index (χ0v) is 15.1. The van der Waals surface area contributed by atoms with Crippen molar-refractivity contribution in [2.75, 3.05) is 13.7 Å². The first-order chi connectivity index (χ1) is 11.2. The lowest BCUT2D eigenvalue weighted by molar-refractivity contribution is -0.175. The van der Waals surface area contributed by atoms with Gasteiger partial charge >= 0.3 is 12.4 Å². The van der Waals surface area contributed by atoms with E-state index in [-0.39, 0.29) is 6.61 Å². The molecule has 2 saturated heterocycles. The molecule has 5 atom stereocenters. The van der Waals surface area contributed by atoms with Crippen molar-refractivity contribution >= 4 is 18.5 Å². The van der Waals surface area contributed by atoms with Gasteiger partial charge in [0.2, 0.25) is 0 Å². The van der Waals surface area contributed by atoms with Gasteiger partial charge in [-0.2, -0.15) is 0 Å². The minimum Gasteiger partial charge on any atom is -0.368 e. The Morgan fingerprint density at radius 1 is 1.58 bits per heavy atom. The van der Waals surface area contributed by atoms with Gasteiger partial charge in [0.15, 0.2) is 6.23 Å². The van der Waals surface area contributed by atoms with E-state index >= 15 is 0 Å². The summed E-state index contributed by atoms with van der Waals surface area (Å²) in [5.41, 5.74) is -1.53. The molecule has 0 aliphatic carbocycles. The molecule has 0 aromatic carbocycles. The molecule has 0 amide bonds. The number of aryl methyl sites for hydroxylation is 1. The van der Waals surface area contributed by atoms with Crippen molar-refractivity contribution in [2.24, 2.45) is 0 Å². The molecular formula is C13H19N2O7PS. The van der Waals surface area contributed by atoms with Gasteiger partial charge < -0.3 is 18.9 Å². The van der Waals surface area contributed by atoms with Crippen molar-refractivity contribution in [2.45, 2.75) is 44.3 Å². The number of aromatic amines is 1. The fraction of sp³-hybridized carbons (Fsp3) is 0.692. The molecular weight excluding hydrogens is 359 g/mol. The van der Waals surface area contributed by atoms with Gasteiger partial charge in [-0.1, -0.05) is 6.92 Å². The summed E-state index contributed by atoms with van der Waals surface area (Å²) in [5.74, 6) is 0. The van der Waals surface area contributed by atoms with Gasteiger partial charge in [-0.25, -0.2) is 4.79 Å². The number of fused-ring (bicyclic) bond motifs is 2. The van der Waals surface area contributed by atoms with E-state index in [1.807, 2.05) is 6.92 Å². The summed E-state index contributed by atoms with van der Waals surface area (Å²) >= 11 is 4.93. The molecule has 0 saturated carbocycles. The summed E-state index contributed by atoms with van der Waals surface area (Å²) in [6.07, 6.45) is -0.179. The lowest BCUT2D eigenvalue weighted by Crippen LogP contribution is -2.42. The van der Waals surface area contributed by atoms with Gasteiger partial charge in [0, 0.05) is 18.9 Å². The third kappa shape index (κ3) is 2.82. The fourth-order valence-electron chi connectivity index (χ4n) is 3.07. The van der Waals surface area contributed by atoms with Crippen LogP contribution in [0.3, 0.4) is 0 Å². The van der Waals surface area contributed by atoms with E-state index in [0.717, 1.165) is 0 Å². The smallest absolute Gasteiger partial charge is 0.330 e. The van der Waals surface area contributed by atoms with Crippen LogP contribution in [0.4, 0.5) is 0 Å². The quantitative estimate of drug-likeness (QED) is 0.698. The van der Waals surface area contributed by atoms with Crippen LogP contribution in [0.1, 0.15) is 25.1 Å². The summed E-state index contributed by atoms with van der Waals surface area (Å²) in [5, 5.41) is 0. The van der Waals surface area contributed by atoms with Gasteiger partial charge in [0.25, 0.3) is 5.56 Å². The molecule has 3 rings (SSSR count). The van der Waals surface area contributed by atoms with Crippen LogP contribution in [0.2, 0.25) is 0 Å². The second kappa shape index (κ2) is 6.14. The number of hydrogen-bond donors (Lipinski definition) is 2. The molecule has 1 aromatic rings. The van der Waals surface area contributed by atoms with Crippen LogP contribution in [-0.4, -0.2) is 46.0 Å². The van der Waals surface area contributed by atoms with Crippen LogP contribution in [0, 0.1) is 6.92 Å². The van der Waals surface area contributed by atoms with E-state index in [4.69, 9.17) is 30.3 Å². The van der Waals surface area contributed by atoms with E-state index in [1.165, 1.54) is 17.9 Å². The Labute approximate surface area is 142 Å². The molecule has 1 aromatic heterocycles. The third-order valence-electron chi connectivity index (χ3n) is 4.47. The predicted molar refractivity (Wildman–Crippen MR) is 87.3 cm³/mol. The second-order valence-corrected chi connectivity index (χ2v) is 8.76. The number of nitrogens with zero attached hydrogens (tertiary/aromatic N) is 1. The van der Waals surface area contributed by atoms with Crippen LogP contribution in [0.15, 0.2) is 15.8 Å². The van der Waals surface area contributed by atoms with Crippen molar-refractivity contribution in [3.05, 3.63) is 32.6 Å². The fourth-order valence-corrected chi connectivity index (χ4v) is 4.03. The summed E-state index contributed by atoms with van der Waals surface area (Å²) in [6.45, 7) is 0.299. The maximum absolute atomic E-state index is 12.1. The Kier molecular flexibility index (Phi) is 4.59. The molecule has 2 unspecified atom stereocenters. The second-order valence-electron chi connectivity index (χ2n) is 5.86. The number of ether oxygens (including phenoxy) is 2. The highest BCUT2D eigenvalue weighted by Gasteiger charge is 2.63. The third-order valence-corrected chi connectivity index (χ3v) is 6.13. The zero-order valence-electron chi connectivity index (χ0n) is 13.4. The van der Waals surface area contributed by atoms with E-state index < -0.39 is 42.0 Å². The number of rotatable bonds is 5. The van der Waals surface area contributed by atoms with Crippen LogP contribution in [-0.2, 0) is 30.3 Å². The lowest BCUT2D eigenvalue weighted by atomic mass is 9.96. The largest absolute Gasteiger partial charge is 0.368 e. The van der Waals surface area contributed by atoms with Crippen LogP contribution in [0.25, 0.3) is 0 Å². The van der Waals surface area contributed by atoms with Gasteiger partial charge in [-0.05, 0) is 25.2 Å². The zero-order chi connectivity index (χ0) is 17.7. The highest BCUT2D eigenvalue weighted by atomic mass is 32.5. The average Bonchev–Trinajstić information content (AvgIpc) is 3.03. The van der Waals surface area contributed by atoms with E-state index in [1.54, 1.807) is 6.92 Å². The minimum atomic E-state index is -3.43. The Hall–Kier alpha value is -0.870. The van der Waals surface area contributed by atoms with E-state index in [0.29, 0.717) is 12.0 Å². The van der Waals surface area contributed by atoms with Crippen LogP contribution >= 0.6 is 6.72 Å². The van der Waals surface area contributed by atoms with Gasteiger partial charge in [-0.3, -0.25) is 18.9 Å². The summed E-state index contributed by atoms with van der Waals surface area (Å²) < 4.78 is 23.5. The predicted octanol–water partition coefficient (Wildman–Crippen LogP) is 0.170. The maximum Gasteiger partial charge on any atom is 0.330 e. The van der Waals surface area contributed by atoms with Gasteiger partial charge in [0.1, 0.15) is 17.8 Å². The van der Waals surface area contributed by atoms with Gasteiger partial charge in [0.05, 0.1) is 6.61 Å². The van der Waals surface area contributed by atoms with Crippen LogP contribution in [0.5, 0.6) is 0 Å². The van der Waals surface area contributed by atoms with Gasteiger partial charge in [-0.15, -0.1) is 0 Å². The molecule has 24 heavy (non-hydrogen) atoms. The summed E-state index contributed by atoms with van der Waals surface area (Å²) in [7, 11) is 1.27. The molecule has 2 aliphatic heterocycles. The lowest BCUT2D eigenvalue weighted by Gasteiger charge is -2.31. The normalized spacial score (nSPS) is 34.4. The van der Waals surface area contributed by atoms with E-state index in [9.17, 15) is 14.5 Å². The first-order valence-electron chi connectivity index (χ1n) is 7.41. The van der Waals surface area contributed by atoms with Crippen molar-refractivity contribution in [3.63, 3.8) is 0 Å². The maximum atomic E-state index is 12.1. The number of aromatic nitrogens is 2. The number of H-pyrrole nitrogens is 1. The first kappa shape index (κ1) is 17.9. The topological polar surface area (TPSA) is 112 Å². The molecule has 11 heteroatoms. The summed E-state index contributed by atoms with van der Waals surface area (Å²) in [6, 6.07) is 0. The first-order valence-corrected chi connectivity index (χ1v) is 10.0. The summed E-state index contributed by atoms with van der Waals surface area (Å²) in [4.78, 5) is 35.9. The van der Waals surface area contributed by atoms with Crippen LogP contribution < -0.4 is 11.2 Å². The molecule has 2 bridgehead atoms. The molecule has 134 valence electrons. The van der Waals surface area contributed by atoms with Crippen molar-refractivity contribution < 1.29 is 23.4 Å². The highest BCUT2D eigenvalue weighted by Crippen LogP contribution is 2.55. The molecule has 2 N–H and O–H groups in total. The molecule has 0 radical (unpaired) electrons. The Morgan fingerprint density at radius 3 is 2.92 bits per heavy atom. The Morgan fingerprint density at radius 2 is 2.29 bits per heavy atom. The number of hydrogen-bond acceptors (Lipinski definition) is 7. The molecule has 0 spiro atoms. The molecule has 2 fully saturated rings. The standard InChI is InChI=1S/C13H19N2O7PS/c1-4-13-6-20-8(9(13)22-23(18,24)19-3)11(21-13)15-5-7(2)10(16)14-12(15)17/h5,8-9,11H,4,6H2,1-3H3,(H,18,24)(H,14,16,17)/t8-,9+,11+,13?,23?/m0/s1. The van der Waals surface area contributed by atoms with E-state index in [2.05, 4.69) is 4.98 Å². The van der Waals surface area contributed by atoms with Crippen molar-refractivity contribution in [1.29, 1.82) is 0 Å². The monoisotopic (exact) mass is 378 g/mol. The molecule has 3 heterocycles. The molecule has 2 aliphatic rings. The minimum absolute atomic E-state index is 0.255. The molecule has 9 nitrogen and oxygen atoms in total. The SMILES string of the molecule is CCC12CO[C@H]([C@H](n3cc(C)c(=O)[nH]c3=O)O1)[C@H]2OP(O)(=S)OC. The number of nitrogens with one attached hydrogen (secondary N) is 1.